The molecule has 0 aliphatic carbocycles. The molecule has 2 aromatic rings. The first-order valence-corrected chi connectivity index (χ1v) is 8.39. The zero-order valence-electron chi connectivity index (χ0n) is 12.1. The van der Waals surface area contributed by atoms with Crippen LogP contribution in [-0.2, 0) is 0 Å². The molecular weight excluding hydrogens is 334 g/mol. The lowest BCUT2D eigenvalue weighted by Crippen LogP contribution is -2.23. The molecule has 0 radical (unpaired) electrons. The lowest BCUT2D eigenvalue weighted by atomic mass is 9.99. The summed E-state index contributed by atoms with van der Waals surface area (Å²) < 4.78 is 6.52. The van der Waals surface area contributed by atoms with E-state index >= 15 is 0 Å². The van der Waals surface area contributed by atoms with Crippen LogP contribution in [0.1, 0.15) is 35.4 Å². The van der Waals surface area contributed by atoms with Crippen molar-refractivity contribution < 1.29 is 4.74 Å². The summed E-state index contributed by atoms with van der Waals surface area (Å²) in [6.07, 6.45) is 1.12. The summed E-state index contributed by atoms with van der Waals surface area (Å²) in [5.41, 5.74) is 2.58. The zero-order chi connectivity index (χ0) is 14.5. The first-order chi connectivity index (χ1) is 9.65. The maximum atomic E-state index is 5.35. The number of rotatable bonds is 6. The van der Waals surface area contributed by atoms with Crippen LogP contribution in [0.4, 0.5) is 0 Å². The molecule has 1 aromatic carbocycles. The molecule has 2 nitrogen and oxygen atoms in total. The molecule has 4 heteroatoms. The van der Waals surface area contributed by atoms with E-state index in [1.807, 2.05) is 12.1 Å². The molecule has 108 valence electrons. The monoisotopic (exact) mass is 353 g/mol. The lowest BCUT2D eigenvalue weighted by molar-refractivity contribution is 0.413. The van der Waals surface area contributed by atoms with Gasteiger partial charge in [-0.15, -0.1) is 11.3 Å². The second kappa shape index (κ2) is 7.25. The van der Waals surface area contributed by atoms with E-state index in [0.29, 0.717) is 0 Å². The molecule has 1 atom stereocenters. The Bertz CT molecular complexity index is 567. The third-order valence-electron chi connectivity index (χ3n) is 3.26. The van der Waals surface area contributed by atoms with E-state index in [2.05, 4.69) is 53.3 Å². The molecule has 0 aliphatic heterocycles. The summed E-state index contributed by atoms with van der Waals surface area (Å²) >= 11 is 5.37. The molecule has 0 bridgehead atoms. The Morgan fingerprint density at radius 1 is 1.35 bits per heavy atom. The van der Waals surface area contributed by atoms with Crippen LogP contribution in [-0.4, -0.2) is 13.7 Å². The molecule has 0 saturated heterocycles. The van der Waals surface area contributed by atoms with Crippen molar-refractivity contribution in [3.05, 3.63) is 50.1 Å². The van der Waals surface area contributed by atoms with Crippen LogP contribution >= 0.6 is 27.3 Å². The maximum Gasteiger partial charge on any atom is 0.119 e. The van der Waals surface area contributed by atoms with Gasteiger partial charge in [-0.05, 0) is 65.1 Å². The van der Waals surface area contributed by atoms with Crippen molar-refractivity contribution in [2.75, 3.05) is 13.7 Å². The molecule has 0 saturated carbocycles. The van der Waals surface area contributed by atoms with E-state index in [1.54, 1.807) is 18.4 Å². The number of benzene rings is 1. The van der Waals surface area contributed by atoms with Gasteiger partial charge in [-0.2, -0.15) is 0 Å². The smallest absolute Gasteiger partial charge is 0.119 e. The van der Waals surface area contributed by atoms with Crippen molar-refractivity contribution in [3.63, 3.8) is 0 Å². The predicted molar refractivity (Wildman–Crippen MR) is 89.9 cm³/mol. The van der Waals surface area contributed by atoms with Crippen LogP contribution in [0, 0.1) is 6.92 Å². The van der Waals surface area contributed by atoms with E-state index in [1.165, 1.54) is 19.8 Å². The molecule has 0 amide bonds. The molecule has 2 rings (SSSR count). The Balaban J connectivity index is 2.38. The van der Waals surface area contributed by atoms with Gasteiger partial charge in [0.25, 0.3) is 0 Å². The molecule has 0 aliphatic rings. The number of hydrogen-bond donors (Lipinski definition) is 1. The topological polar surface area (TPSA) is 21.3 Å². The van der Waals surface area contributed by atoms with Gasteiger partial charge in [-0.25, -0.2) is 0 Å². The SMILES string of the molecule is CCCNC(c1cccc(OC)c1)c1cc(Br)sc1C. The first kappa shape index (κ1) is 15.5. The zero-order valence-corrected chi connectivity index (χ0v) is 14.5. The van der Waals surface area contributed by atoms with Crippen LogP contribution in [0.2, 0.25) is 0 Å². The predicted octanol–water partition coefficient (Wildman–Crippen LogP) is 4.92. The molecular formula is C16H20BrNOS. The van der Waals surface area contributed by atoms with Crippen LogP contribution in [0.5, 0.6) is 5.75 Å². The Hall–Kier alpha value is -0.840. The van der Waals surface area contributed by atoms with Gasteiger partial charge in [-0.3, -0.25) is 0 Å². The van der Waals surface area contributed by atoms with Gasteiger partial charge in [0.2, 0.25) is 0 Å². The van der Waals surface area contributed by atoms with Crippen LogP contribution in [0.25, 0.3) is 0 Å². The minimum atomic E-state index is 0.215. The summed E-state index contributed by atoms with van der Waals surface area (Å²) in [7, 11) is 1.71. The number of aryl methyl sites for hydroxylation is 1. The normalized spacial score (nSPS) is 12.4. The Kier molecular flexibility index (Phi) is 5.64. The Morgan fingerprint density at radius 3 is 2.75 bits per heavy atom. The van der Waals surface area contributed by atoms with Gasteiger partial charge in [0.15, 0.2) is 0 Å². The van der Waals surface area contributed by atoms with Crippen molar-refractivity contribution in [2.24, 2.45) is 0 Å². The summed E-state index contributed by atoms with van der Waals surface area (Å²) in [4.78, 5) is 1.34. The molecule has 0 spiro atoms. The van der Waals surface area contributed by atoms with Gasteiger partial charge in [-0.1, -0.05) is 19.1 Å². The fourth-order valence-electron chi connectivity index (χ4n) is 2.26. The number of halogens is 1. The highest BCUT2D eigenvalue weighted by molar-refractivity contribution is 9.11. The lowest BCUT2D eigenvalue weighted by Gasteiger charge is -2.20. The molecule has 1 aromatic heterocycles. The minimum Gasteiger partial charge on any atom is -0.497 e. The molecule has 1 N–H and O–H groups in total. The highest BCUT2D eigenvalue weighted by Crippen LogP contribution is 2.34. The molecule has 20 heavy (non-hydrogen) atoms. The van der Waals surface area contributed by atoms with Crippen molar-refractivity contribution in [3.8, 4) is 5.75 Å². The van der Waals surface area contributed by atoms with E-state index in [9.17, 15) is 0 Å². The molecule has 0 fully saturated rings. The van der Waals surface area contributed by atoms with Crippen molar-refractivity contribution >= 4 is 27.3 Å². The van der Waals surface area contributed by atoms with E-state index in [-0.39, 0.29) is 6.04 Å². The summed E-state index contributed by atoms with van der Waals surface area (Å²) in [5, 5.41) is 3.64. The van der Waals surface area contributed by atoms with Crippen LogP contribution in [0.15, 0.2) is 34.1 Å². The average Bonchev–Trinajstić information content (AvgIpc) is 2.78. The number of thiophene rings is 1. The molecule has 1 heterocycles. The van der Waals surface area contributed by atoms with Gasteiger partial charge in [0.05, 0.1) is 16.9 Å². The Labute approximate surface area is 133 Å². The van der Waals surface area contributed by atoms with Crippen molar-refractivity contribution in [1.29, 1.82) is 0 Å². The quantitative estimate of drug-likeness (QED) is 0.795. The molecule has 1 unspecified atom stereocenters. The van der Waals surface area contributed by atoms with E-state index in [0.717, 1.165) is 18.7 Å². The number of hydrogen-bond acceptors (Lipinski definition) is 3. The van der Waals surface area contributed by atoms with Gasteiger partial charge in [0, 0.05) is 4.88 Å². The third kappa shape index (κ3) is 3.62. The average molecular weight is 354 g/mol. The summed E-state index contributed by atoms with van der Waals surface area (Å²) in [6.45, 7) is 5.35. The summed E-state index contributed by atoms with van der Waals surface area (Å²) in [6, 6.07) is 10.7. The fourth-order valence-corrected chi connectivity index (χ4v) is 4.01. The first-order valence-electron chi connectivity index (χ1n) is 6.79. The second-order valence-electron chi connectivity index (χ2n) is 4.73. The van der Waals surface area contributed by atoms with E-state index in [4.69, 9.17) is 4.74 Å². The maximum absolute atomic E-state index is 5.35. The highest BCUT2D eigenvalue weighted by Gasteiger charge is 2.18. The van der Waals surface area contributed by atoms with Gasteiger partial charge < -0.3 is 10.1 Å². The van der Waals surface area contributed by atoms with Crippen LogP contribution < -0.4 is 10.1 Å². The highest BCUT2D eigenvalue weighted by atomic mass is 79.9. The largest absolute Gasteiger partial charge is 0.497 e. The van der Waals surface area contributed by atoms with Crippen molar-refractivity contribution in [1.82, 2.24) is 5.32 Å². The van der Waals surface area contributed by atoms with Gasteiger partial charge in [0.1, 0.15) is 5.75 Å². The second-order valence-corrected chi connectivity index (χ2v) is 7.36. The summed E-state index contributed by atoms with van der Waals surface area (Å²) in [5.74, 6) is 0.901. The van der Waals surface area contributed by atoms with Crippen molar-refractivity contribution in [2.45, 2.75) is 26.3 Å². The standard InChI is InChI=1S/C16H20BrNOS/c1-4-8-18-16(14-10-15(17)20-11(14)2)12-6-5-7-13(9-12)19-3/h5-7,9-10,16,18H,4,8H2,1-3H3. The Morgan fingerprint density at radius 2 is 2.15 bits per heavy atom. The fraction of sp³-hybridized carbons (Fsp3) is 0.375. The van der Waals surface area contributed by atoms with Gasteiger partial charge >= 0.3 is 0 Å². The minimum absolute atomic E-state index is 0.215. The third-order valence-corrected chi connectivity index (χ3v) is 4.83. The van der Waals surface area contributed by atoms with Crippen LogP contribution in [0.3, 0.4) is 0 Å². The number of methoxy groups -OCH3 is 1. The number of ether oxygens (including phenoxy) is 1. The van der Waals surface area contributed by atoms with E-state index < -0.39 is 0 Å². The number of nitrogens with one attached hydrogen (secondary N) is 1.